The van der Waals surface area contributed by atoms with Gasteiger partial charge in [-0.1, -0.05) is 30.1 Å². The minimum absolute atomic E-state index is 0.681. The van der Waals surface area contributed by atoms with Crippen LogP contribution in [0.5, 0.6) is 0 Å². The minimum atomic E-state index is 0.681. The quantitative estimate of drug-likeness (QED) is 0.884. The molecule has 0 spiro atoms. The molecule has 0 radical (unpaired) electrons. The molecular weight excluding hydrogens is 287 g/mol. The van der Waals surface area contributed by atoms with Gasteiger partial charge in [0.25, 0.3) is 0 Å². The van der Waals surface area contributed by atoms with E-state index in [0.29, 0.717) is 10.4 Å². The number of hydrogen-bond donors (Lipinski definition) is 1. The van der Waals surface area contributed by atoms with Gasteiger partial charge in [-0.25, -0.2) is 0 Å². The van der Waals surface area contributed by atoms with Crippen LogP contribution >= 0.6 is 34.5 Å². The van der Waals surface area contributed by atoms with Gasteiger partial charge in [0.05, 0.1) is 5.02 Å². The topological polar surface area (TPSA) is 15.3 Å². The highest BCUT2D eigenvalue weighted by molar-refractivity contribution is 7.15. The Balaban J connectivity index is 2.03. The molecule has 18 heavy (non-hydrogen) atoms. The zero-order valence-electron chi connectivity index (χ0n) is 10.7. The average molecular weight is 307 g/mol. The summed E-state index contributed by atoms with van der Waals surface area (Å²) in [5.74, 6) is 0. The molecule has 1 aliphatic heterocycles. The van der Waals surface area contributed by atoms with Crippen molar-refractivity contribution >= 4 is 34.5 Å². The van der Waals surface area contributed by atoms with Crippen LogP contribution < -0.4 is 5.32 Å². The fraction of sp³-hybridized carbons (Fsp3) is 0.692. The van der Waals surface area contributed by atoms with E-state index in [-0.39, 0.29) is 0 Å². The number of hydrogen-bond acceptors (Lipinski definition) is 3. The highest BCUT2D eigenvalue weighted by Gasteiger charge is 2.21. The normalized spacial score (nSPS) is 17.6. The lowest BCUT2D eigenvalue weighted by molar-refractivity contribution is 0.154. The summed E-state index contributed by atoms with van der Waals surface area (Å²) in [6, 6.07) is 0.681. The number of thiophene rings is 1. The third kappa shape index (κ3) is 3.61. The summed E-state index contributed by atoms with van der Waals surface area (Å²) in [6.45, 7) is 6.55. The van der Waals surface area contributed by atoms with Crippen LogP contribution in [0, 0.1) is 0 Å². The van der Waals surface area contributed by atoms with E-state index < -0.39 is 0 Å². The highest BCUT2D eigenvalue weighted by Crippen LogP contribution is 2.33. The number of halogens is 2. The molecule has 0 amide bonds. The van der Waals surface area contributed by atoms with E-state index in [9.17, 15) is 0 Å². The van der Waals surface area contributed by atoms with Crippen LogP contribution in [0.4, 0.5) is 0 Å². The third-order valence-corrected chi connectivity index (χ3v) is 5.38. The zero-order valence-corrected chi connectivity index (χ0v) is 13.0. The Morgan fingerprint density at radius 2 is 2.11 bits per heavy atom. The van der Waals surface area contributed by atoms with Crippen molar-refractivity contribution in [3.63, 3.8) is 0 Å². The largest absolute Gasteiger partial charge is 0.317 e. The van der Waals surface area contributed by atoms with Gasteiger partial charge in [-0.05, 0) is 49.8 Å². The summed E-state index contributed by atoms with van der Waals surface area (Å²) >= 11 is 13.8. The molecule has 102 valence electrons. The van der Waals surface area contributed by atoms with Gasteiger partial charge < -0.3 is 5.32 Å². The predicted octanol–water partition coefficient (Wildman–Crippen LogP) is 4.02. The first-order valence-corrected chi connectivity index (χ1v) is 8.22. The standard InChI is InChI=1S/C13H20Cl2N2S/c1-2-7-17(11-3-5-16-6-4-11)8-10-9-18-13(15)12(10)14/h9,11,16H,2-8H2,1H3. The lowest BCUT2D eigenvalue weighted by atomic mass is 10.0. The second-order valence-electron chi connectivity index (χ2n) is 4.80. The number of rotatable bonds is 5. The van der Waals surface area contributed by atoms with Gasteiger partial charge in [0.15, 0.2) is 0 Å². The molecule has 0 bridgehead atoms. The summed E-state index contributed by atoms with van der Waals surface area (Å²) in [5, 5.41) is 6.26. The number of nitrogens with one attached hydrogen (secondary N) is 1. The van der Waals surface area contributed by atoms with E-state index in [2.05, 4.69) is 22.5 Å². The molecule has 0 aliphatic carbocycles. The van der Waals surface area contributed by atoms with E-state index in [1.807, 2.05) is 0 Å². The summed E-state index contributed by atoms with van der Waals surface area (Å²) < 4.78 is 0.716. The molecule has 5 heteroatoms. The van der Waals surface area contributed by atoms with E-state index in [1.54, 1.807) is 0 Å². The van der Waals surface area contributed by atoms with Gasteiger partial charge in [-0.2, -0.15) is 0 Å². The first-order valence-electron chi connectivity index (χ1n) is 6.58. The third-order valence-electron chi connectivity index (χ3n) is 3.47. The van der Waals surface area contributed by atoms with Crippen LogP contribution in [0.15, 0.2) is 5.38 Å². The Kier molecular flexibility index (Phi) is 5.77. The van der Waals surface area contributed by atoms with Crippen molar-refractivity contribution in [3.05, 3.63) is 20.3 Å². The second-order valence-corrected chi connectivity index (χ2v) is 6.66. The smallest absolute Gasteiger partial charge is 0.112 e. The van der Waals surface area contributed by atoms with Crippen molar-refractivity contribution in [1.82, 2.24) is 10.2 Å². The summed E-state index contributed by atoms with van der Waals surface area (Å²) in [7, 11) is 0. The fourth-order valence-corrected chi connectivity index (χ4v) is 3.77. The molecule has 2 rings (SSSR count). The fourth-order valence-electron chi connectivity index (χ4n) is 2.53. The first-order chi connectivity index (χ1) is 8.72. The van der Waals surface area contributed by atoms with Crippen LogP contribution in [0.3, 0.4) is 0 Å². The molecule has 0 atom stereocenters. The maximum atomic E-state index is 6.23. The number of piperidine rings is 1. The van der Waals surface area contributed by atoms with Crippen molar-refractivity contribution < 1.29 is 0 Å². The molecule has 1 aromatic rings. The van der Waals surface area contributed by atoms with Crippen LogP contribution in [0.1, 0.15) is 31.7 Å². The van der Waals surface area contributed by atoms with Crippen molar-refractivity contribution in [3.8, 4) is 0 Å². The Hall–Kier alpha value is 0.200. The average Bonchev–Trinajstić information content (AvgIpc) is 2.71. The summed E-state index contributed by atoms with van der Waals surface area (Å²) in [5.41, 5.74) is 1.18. The summed E-state index contributed by atoms with van der Waals surface area (Å²) in [4.78, 5) is 2.56. The van der Waals surface area contributed by atoms with E-state index in [4.69, 9.17) is 23.2 Å². The van der Waals surface area contributed by atoms with E-state index >= 15 is 0 Å². The molecule has 0 unspecified atom stereocenters. The summed E-state index contributed by atoms with van der Waals surface area (Å²) in [6.07, 6.45) is 3.64. The maximum Gasteiger partial charge on any atom is 0.112 e. The molecular formula is C13H20Cl2N2S. The van der Waals surface area contributed by atoms with E-state index in [1.165, 1.54) is 36.2 Å². The van der Waals surface area contributed by atoms with Gasteiger partial charge in [0.1, 0.15) is 4.34 Å². The molecule has 1 saturated heterocycles. The molecule has 1 aliphatic rings. The first kappa shape index (κ1) is 14.6. The zero-order chi connectivity index (χ0) is 13.0. The van der Waals surface area contributed by atoms with Crippen LogP contribution in [-0.4, -0.2) is 30.6 Å². The van der Waals surface area contributed by atoms with Crippen LogP contribution in [0.25, 0.3) is 0 Å². The Morgan fingerprint density at radius 1 is 1.39 bits per heavy atom. The van der Waals surface area contributed by atoms with Gasteiger partial charge in [-0.15, -0.1) is 11.3 Å². The Morgan fingerprint density at radius 3 is 2.67 bits per heavy atom. The Bertz CT molecular complexity index is 375. The molecule has 2 nitrogen and oxygen atoms in total. The predicted molar refractivity (Wildman–Crippen MR) is 80.9 cm³/mol. The van der Waals surface area contributed by atoms with Crippen molar-refractivity contribution in [2.45, 2.75) is 38.8 Å². The molecule has 2 heterocycles. The second kappa shape index (κ2) is 7.11. The lowest BCUT2D eigenvalue weighted by Gasteiger charge is -2.34. The molecule has 1 N–H and O–H groups in total. The highest BCUT2D eigenvalue weighted by atomic mass is 35.5. The molecule has 0 aromatic carbocycles. The minimum Gasteiger partial charge on any atom is -0.317 e. The van der Waals surface area contributed by atoms with Gasteiger partial charge in [0.2, 0.25) is 0 Å². The molecule has 1 fully saturated rings. The van der Waals surface area contributed by atoms with Crippen LogP contribution in [-0.2, 0) is 6.54 Å². The van der Waals surface area contributed by atoms with Gasteiger partial charge in [0, 0.05) is 12.6 Å². The van der Waals surface area contributed by atoms with Crippen molar-refractivity contribution in [2.75, 3.05) is 19.6 Å². The van der Waals surface area contributed by atoms with Crippen LogP contribution in [0.2, 0.25) is 9.36 Å². The monoisotopic (exact) mass is 306 g/mol. The SMILES string of the molecule is CCCN(Cc1csc(Cl)c1Cl)C1CCNCC1. The van der Waals surface area contributed by atoms with Gasteiger partial charge >= 0.3 is 0 Å². The maximum absolute atomic E-state index is 6.23. The Labute approximate surface area is 123 Å². The van der Waals surface area contributed by atoms with Crippen molar-refractivity contribution in [1.29, 1.82) is 0 Å². The lowest BCUT2D eigenvalue weighted by Crippen LogP contribution is -2.43. The van der Waals surface area contributed by atoms with E-state index in [0.717, 1.165) is 31.2 Å². The van der Waals surface area contributed by atoms with Gasteiger partial charge in [-0.3, -0.25) is 4.90 Å². The molecule has 1 aromatic heterocycles. The molecule has 0 saturated carbocycles. The van der Waals surface area contributed by atoms with Crippen molar-refractivity contribution in [2.24, 2.45) is 0 Å². The number of nitrogens with zero attached hydrogens (tertiary/aromatic N) is 1.